The Hall–Kier alpha value is -0.920. The van der Waals surface area contributed by atoms with Gasteiger partial charge in [0.1, 0.15) is 4.21 Å². The fraction of sp³-hybridized carbons (Fsp3) is 0.474. The first kappa shape index (κ1) is 19.8. The standard InChI is InChI=1S/C19H25ClN2O2S2/c20-18-11-12-19(25-18)26(23,24)21-15-17(16-9-5-4-6-10-16)22-13-7-2-1-3-8-14-22/h4-6,9-12,17,21H,1-3,7-8,13-15H2. The zero-order chi connectivity index (χ0) is 18.4. The van der Waals surface area contributed by atoms with Crippen molar-refractivity contribution in [2.24, 2.45) is 0 Å². The van der Waals surface area contributed by atoms with Crippen molar-refractivity contribution in [3.63, 3.8) is 0 Å². The number of nitrogens with one attached hydrogen (secondary N) is 1. The Morgan fingerprint density at radius 1 is 1.00 bits per heavy atom. The van der Waals surface area contributed by atoms with Crippen molar-refractivity contribution in [3.05, 3.63) is 52.4 Å². The molecular weight excluding hydrogens is 388 g/mol. The van der Waals surface area contributed by atoms with Crippen LogP contribution in [0.15, 0.2) is 46.7 Å². The lowest BCUT2D eigenvalue weighted by Crippen LogP contribution is -2.39. The van der Waals surface area contributed by atoms with Gasteiger partial charge in [0.25, 0.3) is 0 Å². The molecule has 0 amide bonds. The van der Waals surface area contributed by atoms with Crippen LogP contribution >= 0.6 is 22.9 Å². The lowest BCUT2D eigenvalue weighted by atomic mass is 10.0. The highest BCUT2D eigenvalue weighted by Crippen LogP contribution is 2.27. The molecular formula is C19H25ClN2O2S2. The Labute approximate surface area is 165 Å². The summed E-state index contributed by atoms with van der Waals surface area (Å²) in [4.78, 5) is 2.43. The summed E-state index contributed by atoms with van der Waals surface area (Å²) in [5, 5.41) is 0. The van der Waals surface area contributed by atoms with Gasteiger partial charge in [-0.15, -0.1) is 11.3 Å². The molecule has 0 aliphatic carbocycles. The van der Waals surface area contributed by atoms with E-state index in [-0.39, 0.29) is 10.3 Å². The van der Waals surface area contributed by atoms with E-state index in [9.17, 15) is 8.42 Å². The van der Waals surface area contributed by atoms with Crippen molar-refractivity contribution >= 4 is 33.0 Å². The summed E-state index contributed by atoms with van der Waals surface area (Å²) < 4.78 is 28.8. The summed E-state index contributed by atoms with van der Waals surface area (Å²) in [6.07, 6.45) is 6.12. The summed E-state index contributed by atoms with van der Waals surface area (Å²) in [6, 6.07) is 13.4. The van der Waals surface area contributed by atoms with Gasteiger partial charge in [-0.2, -0.15) is 0 Å². The van der Waals surface area contributed by atoms with Crippen LogP contribution in [0.5, 0.6) is 0 Å². The van der Waals surface area contributed by atoms with Crippen LogP contribution in [0.3, 0.4) is 0 Å². The van der Waals surface area contributed by atoms with E-state index in [1.165, 1.54) is 19.3 Å². The van der Waals surface area contributed by atoms with Crippen LogP contribution < -0.4 is 4.72 Å². The molecule has 1 aliphatic rings. The van der Waals surface area contributed by atoms with Crippen molar-refractivity contribution in [1.82, 2.24) is 9.62 Å². The molecule has 3 rings (SSSR count). The second-order valence-corrected chi connectivity index (χ2v) is 10.3. The molecule has 1 fully saturated rings. The van der Waals surface area contributed by atoms with E-state index in [0.29, 0.717) is 10.9 Å². The van der Waals surface area contributed by atoms with E-state index >= 15 is 0 Å². The van der Waals surface area contributed by atoms with Crippen molar-refractivity contribution in [2.45, 2.75) is 42.4 Å². The predicted molar refractivity (Wildman–Crippen MR) is 108 cm³/mol. The normalized spacial score (nSPS) is 18.2. The van der Waals surface area contributed by atoms with Gasteiger partial charge in [-0.1, -0.05) is 61.2 Å². The molecule has 1 unspecified atom stereocenters. The van der Waals surface area contributed by atoms with Gasteiger partial charge in [0.05, 0.1) is 4.34 Å². The quantitative estimate of drug-likeness (QED) is 0.748. The van der Waals surface area contributed by atoms with Crippen molar-refractivity contribution < 1.29 is 8.42 Å². The van der Waals surface area contributed by atoms with Crippen LogP contribution in [-0.2, 0) is 10.0 Å². The van der Waals surface area contributed by atoms with E-state index in [4.69, 9.17) is 11.6 Å². The molecule has 0 spiro atoms. The van der Waals surface area contributed by atoms with Gasteiger partial charge in [-0.3, -0.25) is 4.90 Å². The Kier molecular flexibility index (Phi) is 7.12. The Bertz CT molecular complexity index is 785. The number of thiophene rings is 1. The number of halogens is 1. The first-order valence-corrected chi connectivity index (χ1v) is 11.8. The molecule has 1 aliphatic heterocycles. The van der Waals surface area contributed by atoms with E-state index in [1.807, 2.05) is 18.2 Å². The molecule has 2 heterocycles. The highest BCUT2D eigenvalue weighted by atomic mass is 35.5. The topological polar surface area (TPSA) is 49.4 Å². The molecule has 7 heteroatoms. The number of sulfonamides is 1. The van der Waals surface area contributed by atoms with Gasteiger partial charge in [0.2, 0.25) is 10.0 Å². The number of benzene rings is 1. The second-order valence-electron chi connectivity index (χ2n) is 6.64. The van der Waals surface area contributed by atoms with E-state index in [2.05, 4.69) is 21.8 Å². The lowest BCUT2D eigenvalue weighted by molar-refractivity contribution is 0.180. The van der Waals surface area contributed by atoms with Crippen LogP contribution in [0.25, 0.3) is 0 Å². The summed E-state index contributed by atoms with van der Waals surface area (Å²) in [7, 11) is -3.54. The summed E-state index contributed by atoms with van der Waals surface area (Å²) in [5.41, 5.74) is 1.15. The molecule has 1 N–H and O–H groups in total. The number of nitrogens with zero attached hydrogens (tertiary/aromatic N) is 1. The smallest absolute Gasteiger partial charge is 0.250 e. The maximum atomic E-state index is 12.6. The van der Waals surface area contributed by atoms with Gasteiger partial charge in [-0.05, 0) is 43.6 Å². The Balaban J connectivity index is 1.77. The number of hydrogen-bond acceptors (Lipinski definition) is 4. The van der Waals surface area contributed by atoms with Gasteiger partial charge in [0.15, 0.2) is 0 Å². The molecule has 4 nitrogen and oxygen atoms in total. The van der Waals surface area contributed by atoms with Crippen molar-refractivity contribution in [3.8, 4) is 0 Å². The first-order valence-electron chi connectivity index (χ1n) is 9.10. The lowest BCUT2D eigenvalue weighted by Gasteiger charge is -2.33. The molecule has 1 saturated heterocycles. The van der Waals surface area contributed by atoms with E-state index in [0.717, 1.165) is 42.8 Å². The second kappa shape index (κ2) is 9.33. The first-order chi connectivity index (χ1) is 12.6. The number of likely N-dealkylation sites (tertiary alicyclic amines) is 1. The molecule has 2 aromatic rings. The van der Waals surface area contributed by atoms with Gasteiger partial charge >= 0.3 is 0 Å². The van der Waals surface area contributed by atoms with E-state index in [1.54, 1.807) is 12.1 Å². The minimum absolute atomic E-state index is 0.0412. The molecule has 1 aromatic heterocycles. The minimum atomic E-state index is -3.54. The number of hydrogen-bond donors (Lipinski definition) is 1. The predicted octanol–water partition coefficient (Wildman–Crippen LogP) is 4.69. The fourth-order valence-corrected chi connectivity index (χ4v) is 5.98. The number of rotatable bonds is 6. The van der Waals surface area contributed by atoms with Crippen molar-refractivity contribution in [2.75, 3.05) is 19.6 Å². The third-order valence-electron chi connectivity index (χ3n) is 4.80. The summed E-state index contributed by atoms with van der Waals surface area (Å²) >= 11 is 6.98. The van der Waals surface area contributed by atoms with Crippen molar-refractivity contribution in [1.29, 1.82) is 0 Å². The summed E-state index contributed by atoms with van der Waals surface area (Å²) in [5.74, 6) is 0. The van der Waals surface area contributed by atoms with E-state index < -0.39 is 10.0 Å². The third-order valence-corrected chi connectivity index (χ3v) is 7.94. The maximum Gasteiger partial charge on any atom is 0.250 e. The monoisotopic (exact) mass is 412 g/mol. The fourth-order valence-electron chi connectivity index (χ4n) is 3.42. The molecule has 1 atom stereocenters. The van der Waals surface area contributed by atoms with Gasteiger partial charge in [0, 0.05) is 12.6 Å². The van der Waals surface area contributed by atoms with Gasteiger partial charge in [-0.25, -0.2) is 13.1 Å². The highest BCUT2D eigenvalue weighted by Gasteiger charge is 2.24. The molecule has 0 bridgehead atoms. The van der Waals surface area contributed by atoms with Crippen LogP contribution in [0, 0.1) is 0 Å². The molecule has 1 aromatic carbocycles. The largest absolute Gasteiger partial charge is 0.295 e. The molecule has 26 heavy (non-hydrogen) atoms. The van der Waals surface area contributed by atoms with Crippen LogP contribution in [-0.4, -0.2) is 33.0 Å². The minimum Gasteiger partial charge on any atom is -0.295 e. The maximum absolute atomic E-state index is 12.6. The van der Waals surface area contributed by atoms with Crippen LogP contribution in [0.2, 0.25) is 4.34 Å². The van der Waals surface area contributed by atoms with Gasteiger partial charge < -0.3 is 0 Å². The van der Waals surface area contributed by atoms with Crippen LogP contribution in [0.4, 0.5) is 0 Å². The molecule has 0 saturated carbocycles. The molecule has 0 radical (unpaired) electrons. The highest BCUT2D eigenvalue weighted by molar-refractivity contribution is 7.91. The summed E-state index contributed by atoms with van der Waals surface area (Å²) in [6.45, 7) is 2.38. The SMILES string of the molecule is O=S(=O)(NCC(c1ccccc1)N1CCCCCCC1)c1ccc(Cl)s1. The zero-order valence-corrected chi connectivity index (χ0v) is 17.1. The molecule has 142 valence electrons. The zero-order valence-electron chi connectivity index (χ0n) is 14.7. The third kappa shape index (κ3) is 5.30. The van der Waals surface area contributed by atoms with Crippen LogP contribution in [0.1, 0.15) is 43.7 Å². The Morgan fingerprint density at radius 2 is 1.65 bits per heavy atom. The average Bonchev–Trinajstić information content (AvgIpc) is 3.05. The Morgan fingerprint density at radius 3 is 2.27 bits per heavy atom. The average molecular weight is 413 g/mol.